The van der Waals surface area contributed by atoms with Crippen molar-refractivity contribution in [2.45, 2.75) is 13.5 Å². The molecule has 2 aromatic carbocycles. The van der Waals surface area contributed by atoms with Gasteiger partial charge in [0.1, 0.15) is 12.4 Å². The van der Waals surface area contributed by atoms with E-state index in [0.717, 1.165) is 37.6 Å². The molecule has 0 N–H and O–H groups in total. The quantitative estimate of drug-likeness (QED) is 0.439. The smallest absolute Gasteiger partial charge is 0.194 e. The number of hydrogen-bond donors (Lipinski definition) is 0. The zero-order chi connectivity index (χ0) is 16.5. The lowest BCUT2D eigenvalue weighted by molar-refractivity contribution is 0.304. The van der Waals surface area contributed by atoms with Gasteiger partial charge in [-0.05, 0) is 48.4 Å². The summed E-state index contributed by atoms with van der Waals surface area (Å²) in [5.41, 5.74) is 4.36. The summed E-state index contributed by atoms with van der Waals surface area (Å²) in [6.45, 7) is 2.63. The third-order valence-electron chi connectivity index (χ3n) is 3.87. The largest absolute Gasteiger partial charge is 0.489 e. The summed E-state index contributed by atoms with van der Waals surface area (Å²) in [6.07, 6.45) is 4.09. The first-order chi connectivity index (χ1) is 11.7. The minimum Gasteiger partial charge on any atom is -0.489 e. The van der Waals surface area contributed by atoms with Gasteiger partial charge in [0.2, 0.25) is 0 Å². The van der Waals surface area contributed by atoms with Gasteiger partial charge in [-0.25, -0.2) is 4.98 Å². The van der Waals surface area contributed by atoms with Gasteiger partial charge in [-0.1, -0.05) is 28.1 Å². The Balaban J connectivity index is 1.53. The first kappa shape index (κ1) is 15.4. The van der Waals surface area contributed by atoms with Gasteiger partial charge in [-0.3, -0.25) is 4.40 Å². The van der Waals surface area contributed by atoms with E-state index in [9.17, 15) is 0 Å². The Morgan fingerprint density at radius 1 is 1.17 bits per heavy atom. The van der Waals surface area contributed by atoms with Gasteiger partial charge in [0.25, 0.3) is 0 Å². The van der Waals surface area contributed by atoms with Crippen LogP contribution in [0.25, 0.3) is 16.2 Å². The molecule has 0 saturated carbocycles. The Hall–Kier alpha value is -2.11. The lowest BCUT2D eigenvalue weighted by Gasteiger charge is -2.10. The van der Waals surface area contributed by atoms with Crippen molar-refractivity contribution in [2.75, 3.05) is 0 Å². The molecule has 0 atom stereocenters. The molecule has 0 fully saturated rings. The fourth-order valence-corrected chi connectivity index (χ4v) is 3.54. The van der Waals surface area contributed by atoms with Gasteiger partial charge in [-0.2, -0.15) is 0 Å². The Kier molecular flexibility index (Phi) is 4.12. The zero-order valence-corrected chi connectivity index (χ0v) is 15.5. The highest BCUT2D eigenvalue weighted by Crippen LogP contribution is 2.27. The number of halogens is 1. The average Bonchev–Trinajstić information content (AvgIpc) is 3.17. The number of ether oxygens (including phenoxy) is 1. The monoisotopic (exact) mass is 398 g/mol. The maximum absolute atomic E-state index is 5.96. The van der Waals surface area contributed by atoms with Crippen LogP contribution in [0, 0.1) is 6.92 Å². The minimum atomic E-state index is 0.563. The second-order valence-corrected chi connectivity index (χ2v) is 7.40. The number of rotatable bonds is 4. The molecule has 0 radical (unpaired) electrons. The van der Waals surface area contributed by atoms with Crippen LogP contribution in [0.15, 0.2) is 64.7 Å². The number of nitrogens with zero attached hydrogens (tertiary/aromatic N) is 2. The average molecular weight is 399 g/mol. The number of imidazole rings is 1. The van der Waals surface area contributed by atoms with Gasteiger partial charge in [-0.15, -0.1) is 11.3 Å². The van der Waals surface area contributed by atoms with Crippen molar-refractivity contribution in [3.8, 4) is 17.0 Å². The lowest BCUT2D eigenvalue weighted by atomic mass is 10.1. The SMILES string of the molecule is Cc1cc(-c2cn3ccsc3n2)ccc1OCc1ccc(Br)cc1. The molecule has 24 heavy (non-hydrogen) atoms. The first-order valence-corrected chi connectivity index (χ1v) is 9.27. The maximum atomic E-state index is 5.96. The molecule has 4 aromatic rings. The van der Waals surface area contributed by atoms with Crippen molar-refractivity contribution in [3.63, 3.8) is 0 Å². The fourth-order valence-electron chi connectivity index (χ4n) is 2.58. The van der Waals surface area contributed by atoms with Crippen LogP contribution >= 0.6 is 27.3 Å². The van der Waals surface area contributed by atoms with Crippen LogP contribution in [0.2, 0.25) is 0 Å². The third-order valence-corrected chi connectivity index (χ3v) is 5.17. The molecule has 3 nitrogen and oxygen atoms in total. The summed E-state index contributed by atoms with van der Waals surface area (Å²) in [5, 5.41) is 2.04. The number of aromatic nitrogens is 2. The maximum Gasteiger partial charge on any atom is 0.194 e. The Labute approximate surface area is 152 Å². The normalized spacial score (nSPS) is 11.1. The molecule has 2 aromatic heterocycles. The summed E-state index contributed by atoms with van der Waals surface area (Å²) >= 11 is 5.09. The Morgan fingerprint density at radius 2 is 2.00 bits per heavy atom. The highest BCUT2D eigenvalue weighted by atomic mass is 79.9. The van der Waals surface area contributed by atoms with Crippen LogP contribution in [0.5, 0.6) is 5.75 Å². The van der Waals surface area contributed by atoms with E-state index in [1.807, 2.05) is 34.2 Å². The molecule has 5 heteroatoms. The standard InChI is InChI=1S/C19H15BrN2OS/c1-13-10-15(17-11-22-8-9-24-19(22)21-17)4-7-18(13)23-12-14-2-5-16(20)6-3-14/h2-11H,12H2,1H3. The van der Waals surface area contributed by atoms with Gasteiger partial charge in [0.05, 0.1) is 5.69 Å². The van der Waals surface area contributed by atoms with Crippen molar-refractivity contribution < 1.29 is 4.74 Å². The molecule has 0 amide bonds. The van der Waals surface area contributed by atoms with E-state index in [2.05, 4.69) is 58.3 Å². The molecule has 0 saturated heterocycles. The molecule has 0 aliphatic heterocycles. The highest BCUT2D eigenvalue weighted by molar-refractivity contribution is 9.10. The van der Waals surface area contributed by atoms with E-state index < -0.39 is 0 Å². The van der Waals surface area contributed by atoms with E-state index in [0.29, 0.717) is 6.61 Å². The molecule has 120 valence electrons. The summed E-state index contributed by atoms with van der Waals surface area (Å²) in [4.78, 5) is 5.66. The predicted molar refractivity (Wildman–Crippen MR) is 102 cm³/mol. The number of thiazole rings is 1. The van der Waals surface area contributed by atoms with E-state index in [-0.39, 0.29) is 0 Å². The molecule has 0 bridgehead atoms. The van der Waals surface area contributed by atoms with E-state index in [1.165, 1.54) is 0 Å². The molecule has 0 unspecified atom stereocenters. The number of aryl methyl sites for hydroxylation is 1. The minimum absolute atomic E-state index is 0.563. The van der Waals surface area contributed by atoms with E-state index in [1.54, 1.807) is 11.3 Å². The van der Waals surface area contributed by atoms with Crippen LogP contribution in [0.4, 0.5) is 0 Å². The van der Waals surface area contributed by atoms with E-state index in [4.69, 9.17) is 4.74 Å². The van der Waals surface area contributed by atoms with Crippen LogP contribution in [0.1, 0.15) is 11.1 Å². The summed E-state index contributed by atoms with van der Waals surface area (Å²) in [6, 6.07) is 14.4. The number of fused-ring (bicyclic) bond motifs is 1. The van der Waals surface area contributed by atoms with Crippen molar-refractivity contribution >= 4 is 32.2 Å². The summed E-state index contributed by atoms with van der Waals surface area (Å²) in [5.74, 6) is 0.905. The highest BCUT2D eigenvalue weighted by Gasteiger charge is 2.08. The van der Waals surface area contributed by atoms with Crippen LogP contribution < -0.4 is 4.74 Å². The predicted octanol–water partition coefficient (Wildman–Crippen LogP) is 5.71. The van der Waals surface area contributed by atoms with Gasteiger partial charge in [0.15, 0.2) is 4.96 Å². The second-order valence-electron chi connectivity index (χ2n) is 5.61. The number of hydrogen-bond acceptors (Lipinski definition) is 3. The second kappa shape index (κ2) is 6.42. The van der Waals surface area contributed by atoms with Gasteiger partial charge in [0, 0.05) is 27.8 Å². The first-order valence-electron chi connectivity index (χ1n) is 7.59. The molecular weight excluding hydrogens is 384 g/mol. The van der Waals surface area contributed by atoms with Crippen LogP contribution in [0.3, 0.4) is 0 Å². The van der Waals surface area contributed by atoms with Crippen molar-refractivity contribution in [1.82, 2.24) is 9.38 Å². The Bertz CT molecular complexity index is 960. The van der Waals surface area contributed by atoms with Crippen LogP contribution in [-0.4, -0.2) is 9.38 Å². The summed E-state index contributed by atoms with van der Waals surface area (Å²) in [7, 11) is 0. The third kappa shape index (κ3) is 3.09. The van der Waals surface area contributed by atoms with Gasteiger partial charge >= 0.3 is 0 Å². The topological polar surface area (TPSA) is 26.5 Å². The zero-order valence-electron chi connectivity index (χ0n) is 13.1. The molecular formula is C19H15BrN2OS. The fraction of sp³-hybridized carbons (Fsp3) is 0.105. The molecule has 2 heterocycles. The van der Waals surface area contributed by atoms with Crippen molar-refractivity contribution in [3.05, 3.63) is 75.8 Å². The molecule has 0 aliphatic rings. The van der Waals surface area contributed by atoms with E-state index >= 15 is 0 Å². The molecule has 4 rings (SSSR count). The van der Waals surface area contributed by atoms with Crippen molar-refractivity contribution in [2.24, 2.45) is 0 Å². The molecule has 0 aliphatic carbocycles. The van der Waals surface area contributed by atoms with Gasteiger partial charge < -0.3 is 4.74 Å². The summed E-state index contributed by atoms with van der Waals surface area (Å²) < 4.78 is 9.08. The number of benzene rings is 2. The lowest BCUT2D eigenvalue weighted by Crippen LogP contribution is -1.97. The molecule has 0 spiro atoms. The Morgan fingerprint density at radius 3 is 2.75 bits per heavy atom. The van der Waals surface area contributed by atoms with Crippen molar-refractivity contribution in [1.29, 1.82) is 0 Å². The van der Waals surface area contributed by atoms with Crippen LogP contribution in [-0.2, 0) is 6.61 Å².